The second kappa shape index (κ2) is 11.8. The summed E-state index contributed by atoms with van der Waals surface area (Å²) in [6.45, 7) is 8.81. The number of unbranched alkanes of at least 4 members (excludes halogenated alkanes) is 1. The Morgan fingerprint density at radius 1 is 1.27 bits per heavy atom. The van der Waals surface area contributed by atoms with Crippen molar-refractivity contribution < 1.29 is 28.2 Å². The highest BCUT2D eigenvalue weighted by molar-refractivity contribution is 7.90. The minimum atomic E-state index is -3.58. The van der Waals surface area contributed by atoms with Crippen molar-refractivity contribution >= 4 is 15.9 Å². The summed E-state index contributed by atoms with van der Waals surface area (Å²) < 4.78 is 31.8. The largest absolute Gasteiger partial charge is 0.392 e. The molecule has 1 saturated carbocycles. The molecule has 33 heavy (non-hydrogen) atoms. The van der Waals surface area contributed by atoms with E-state index in [1.54, 1.807) is 13.0 Å². The Hall–Kier alpha value is -1.40. The zero-order valence-electron chi connectivity index (χ0n) is 20.6. The number of aliphatic hydroxyl groups excluding tert-OH is 2. The molecule has 0 bridgehead atoms. The van der Waals surface area contributed by atoms with Crippen LogP contribution in [0.1, 0.15) is 79.6 Å². The summed E-state index contributed by atoms with van der Waals surface area (Å²) in [6, 6.07) is 0. The predicted molar refractivity (Wildman–Crippen MR) is 129 cm³/mol. The van der Waals surface area contributed by atoms with Gasteiger partial charge in [-0.05, 0) is 46.0 Å². The predicted octanol–water partition coefficient (Wildman–Crippen LogP) is 2.91. The Balaban J connectivity index is 1.80. The van der Waals surface area contributed by atoms with Gasteiger partial charge in [0.15, 0.2) is 0 Å². The molecule has 1 heterocycles. The maximum Gasteiger partial charge on any atom is 0.237 e. The maximum absolute atomic E-state index is 11.9. The molecule has 6 atom stereocenters. The van der Waals surface area contributed by atoms with Crippen LogP contribution in [0.5, 0.6) is 0 Å². The normalized spacial score (nSPS) is 28.5. The van der Waals surface area contributed by atoms with Crippen molar-refractivity contribution in [1.82, 2.24) is 4.72 Å². The Morgan fingerprint density at radius 2 is 1.97 bits per heavy atom. The molecule has 2 fully saturated rings. The van der Waals surface area contributed by atoms with Gasteiger partial charge >= 0.3 is 0 Å². The fourth-order valence-corrected chi connectivity index (χ4v) is 5.19. The van der Waals surface area contributed by atoms with E-state index in [1.165, 1.54) is 13.8 Å². The molecule has 8 heteroatoms. The van der Waals surface area contributed by atoms with Gasteiger partial charge in [-0.1, -0.05) is 32.4 Å². The maximum atomic E-state index is 11.9. The molecule has 0 spiro atoms. The van der Waals surface area contributed by atoms with E-state index in [0.717, 1.165) is 19.3 Å². The van der Waals surface area contributed by atoms with Crippen LogP contribution in [0.3, 0.4) is 0 Å². The first-order chi connectivity index (χ1) is 15.4. The summed E-state index contributed by atoms with van der Waals surface area (Å²) in [5.74, 6) is 5.60. The van der Waals surface area contributed by atoms with E-state index in [4.69, 9.17) is 4.74 Å². The lowest BCUT2D eigenvalue weighted by molar-refractivity contribution is -0.119. The van der Waals surface area contributed by atoms with Crippen LogP contribution in [-0.2, 0) is 19.6 Å². The molecule has 188 valence electrons. The number of rotatable bonds is 11. The lowest BCUT2D eigenvalue weighted by Crippen LogP contribution is -2.35. The van der Waals surface area contributed by atoms with Gasteiger partial charge in [0.2, 0.25) is 15.9 Å². The van der Waals surface area contributed by atoms with Crippen LogP contribution < -0.4 is 4.72 Å². The molecule has 1 aliphatic heterocycles. The third-order valence-electron chi connectivity index (χ3n) is 6.89. The zero-order chi connectivity index (χ0) is 24.8. The fourth-order valence-electron chi connectivity index (χ4n) is 4.53. The summed E-state index contributed by atoms with van der Waals surface area (Å²) in [5.41, 5.74) is -0.363. The van der Waals surface area contributed by atoms with Crippen LogP contribution >= 0.6 is 0 Å². The number of ether oxygens (including phenoxy) is 1. The van der Waals surface area contributed by atoms with E-state index in [-0.39, 0.29) is 35.9 Å². The molecule has 0 aromatic heterocycles. The second-order valence-electron chi connectivity index (χ2n) is 10.4. The van der Waals surface area contributed by atoms with Gasteiger partial charge in [-0.2, -0.15) is 0 Å². The quantitative estimate of drug-likeness (QED) is 0.237. The lowest BCUT2D eigenvalue weighted by Gasteiger charge is -2.27. The van der Waals surface area contributed by atoms with Crippen molar-refractivity contribution in [3.8, 4) is 11.8 Å². The minimum Gasteiger partial charge on any atom is -0.392 e. The van der Waals surface area contributed by atoms with E-state index in [1.807, 2.05) is 19.9 Å². The Labute approximate surface area is 199 Å². The van der Waals surface area contributed by atoms with E-state index < -0.39 is 33.4 Å². The van der Waals surface area contributed by atoms with Crippen LogP contribution in [0.2, 0.25) is 0 Å². The molecule has 7 nitrogen and oxygen atoms in total. The van der Waals surface area contributed by atoms with Gasteiger partial charge in [-0.25, -0.2) is 8.42 Å². The summed E-state index contributed by atoms with van der Waals surface area (Å²) in [4.78, 5) is 11.9. The highest BCUT2D eigenvalue weighted by Gasteiger charge is 2.47. The number of hydrogen-bond donors (Lipinski definition) is 3. The number of amides is 1. The van der Waals surface area contributed by atoms with Crippen LogP contribution in [0.15, 0.2) is 12.2 Å². The fraction of sp³-hybridized carbons (Fsp3) is 0.800. The van der Waals surface area contributed by atoms with Crippen LogP contribution in [0.25, 0.3) is 0 Å². The Kier molecular flexibility index (Phi) is 9.98. The first-order valence-electron chi connectivity index (χ1n) is 12.0. The topological polar surface area (TPSA) is 113 Å². The van der Waals surface area contributed by atoms with Gasteiger partial charge in [0.25, 0.3) is 0 Å². The second-order valence-corrected chi connectivity index (χ2v) is 12.6. The van der Waals surface area contributed by atoms with Crippen LogP contribution in [0.4, 0.5) is 0 Å². The molecule has 0 unspecified atom stereocenters. The smallest absolute Gasteiger partial charge is 0.237 e. The molecule has 1 amide bonds. The number of hydrogen-bond acceptors (Lipinski definition) is 6. The molecule has 0 aromatic rings. The van der Waals surface area contributed by atoms with E-state index in [0.29, 0.717) is 19.3 Å². The van der Waals surface area contributed by atoms with Gasteiger partial charge in [0.05, 0.1) is 29.7 Å². The van der Waals surface area contributed by atoms with Crippen molar-refractivity contribution in [3.63, 3.8) is 0 Å². The third-order valence-corrected chi connectivity index (χ3v) is 8.64. The summed E-state index contributed by atoms with van der Waals surface area (Å²) >= 11 is 0. The first kappa shape index (κ1) is 27.8. The van der Waals surface area contributed by atoms with Crippen molar-refractivity contribution in [3.05, 3.63) is 12.2 Å². The van der Waals surface area contributed by atoms with Gasteiger partial charge in [0, 0.05) is 30.6 Å². The Bertz CT molecular complexity index is 854. The molecule has 1 aliphatic carbocycles. The molecule has 0 radical (unpaired) electrons. The van der Waals surface area contributed by atoms with Crippen LogP contribution in [-0.4, -0.2) is 54.2 Å². The zero-order valence-corrected chi connectivity index (χ0v) is 21.4. The molecular weight excluding hydrogens is 442 g/mol. The number of nitrogens with one attached hydrogen (secondary N) is 1. The van der Waals surface area contributed by atoms with Crippen molar-refractivity contribution in [2.24, 2.45) is 17.3 Å². The summed E-state index contributed by atoms with van der Waals surface area (Å²) in [5, 5.41) is 20.5. The average Bonchev–Trinajstić information content (AvgIpc) is 3.23. The van der Waals surface area contributed by atoms with Crippen molar-refractivity contribution in [2.45, 2.75) is 109 Å². The highest BCUT2D eigenvalue weighted by atomic mass is 32.2. The number of aliphatic hydroxyl groups is 2. The Morgan fingerprint density at radius 3 is 2.61 bits per heavy atom. The standard InChI is InChI=1S/C25H41NO6S/c1-6-7-14-25(4,5)23(28)13-12-19-20-15-18(32-22(20)16-21(19)27)10-8-9-11-24(29)26-33(30,31)17(2)3/h12-13,17-23,27-28H,8-11,14-16H2,1-5H3,(H,26,29)/b13-12+/t18-,19-,20-,21-,22+,23-/m1/s1. The van der Waals surface area contributed by atoms with E-state index in [2.05, 4.69) is 16.6 Å². The minimum absolute atomic E-state index is 0.00949. The first-order valence-corrected chi connectivity index (χ1v) is 13.6. The molecule has 0 aromatic carbocycles. The number of fused-ring (bicyclic) bond motifs is 1. The van der Waals surface area contributed by atoms with Crippen molar-refractivity contribution in [2.75, 3.05) is 0 Å². The molecule has 1 saturated heterocycles. The van der Waals surface area contributed by atoms with Gasteiger partial charge in [-0.3, -0.25) is 9.52 Å². The van der Waals surface area contributed by atoms with Gasteiger partial charge in [-0.15, -0.1) is 11.8 Å². The van der Waals surface area contributed by atoms with Crippen molar-refractivity contribution in [1.29, 1.82) is 0 Å². The van der Waals surface area contributed by atoms with E-state index in [9.17, 15) is 23.4 Å². The highest BCUT2D eigenvalue weighted by Crippen LogP contribution is 2.45. The SMILES string of the molecule is CC#CCC(C)(C)[C@H](O)/C=C/[C@@H]1[C@H]2C[C@@H](CCCCC(=O)NS(=O)(=O)C(C)C)O[C@H]2C[C@H]1O. The molecule has 3 N–H and O–H groups in total. The molecular formula is C25H41NO6S. The third kappa shape index (κ3) is 7.81. The van der Waals surface area contributed by atoms with Gasteiger partial charge < -0.3 is 14.9 Å². The van der Waals surface area contributed by atoms with Gasteiger partial charge in [0.1, 0.15) is 0 Å². The van der Waals surface area contributed by atoms with Crippen LogP contribution in [0, 0.1) is 29.1 Å². The molecule has 2 rings (SSSR count). The monoisotopic (exact) mass is 483 g/mol. The summed E-state index contributed by atoms with van der Waals surface area (Å²) in [7, 11) is -3.58. The number of sulfonamides is 1. The lowest BCUT2D eigenvalue weighted by atomic mass is 9.82. The summed E-state index contributed by atoms with van der Waals surface area (Å²) in [6.07, 6.45) is 7.08. The molecule has 2 aliphatic rings. The number of carbonyl (C=O) groups is 1. The number of carbonyl (C=O) groups excluding carboxylic acids is 1. The van der Waals surface area contributed by atoms with E-state index >= 15 is 0 Å². The average molecular weight is 484 g/mol.